The third-order valence-corrected chi connectivity index (χ3v) is 6.35. The van der Waals surface area contributed by atoms with E-state index in [2.05, 4.69) is 0 Å². The molecule has 0 spiro atoms. The molecule has 8 heteroatoms. The van der Waals surface area contributed by atoms with Crippen molar-refractivity contribution in [1.82, 2.24) is 0 Å². The summed E-state index contributed by atoms with van der Waals surface area (Å²) in [5.74, 6) is -0.425. The van der Waals surface area contributed by atoms with Gasteiger partial charge in [-0.15, -0.1) is 11.3 Å². The molecule has 20 heavy (non-hydrogen) atoms. The predicted molar refractivity (Wildman–Crippen MR) is 82.2 cm³/mol. The van der Waals surface area contributed by atoms with Gasteiger partial charge < -0.3 is 5.73 Å². The minimum Gasteiger partial charge on any atom is -0.389 e. The standard InChI is InChI=1S/C12H11FN2O2S3/c1-15(9-4-2-8(13)3-5-9)20(16,17)11-7-6-10(19-11)12(14)18/h2-7H,1H3,(H2,14,18). The Bertz CT molecular complexity index is 738. The van der Waals surface area contributed by atoms with Gasteiger partial charge in [-0.3, -0.25) is 4.31 Å². The molecule has 0 atom stereocenters. The Morgan fingerprint density at radius 3 is 2.35 bits per heavy atom. The maximum atomic E-state index is 12.9. The van der Waals surface area contributed by atoms with Gasteiger partial charge in [0.25, 0.3) is 10.0 Å². The van der Waals surface area contributed by atoms with Gasteiger partial charge in [-0.2, -0.15) is 0 Å². The van der Waals surface area contributed by atoms with Crippen LogP contribution in [-0.4, -0.2) is 20.5 Å². The van der Waals surface area contributed by atoms with Crippen molar-refractivity contribution in [1.29, 1.82) is 0 Å². The van der Waals surface area contributed by atoms with Gasteiger partial charge in [0.15, 0.2) is 0 Å². The summed E-state index contributed by atoms with van der Waals surface area (Å²) in [7, 11) is -2.30. The van der Waals surface area contributed by atoms with Crippen molar-refractivity contribution in [2.24, 2.45) is 5.73 Å². The summed E-state index contributed by atoms with van der Waals surface area (Å²) in [6.45, 7) is 0. The number of thiophene rings is 1. The molecule has 1 aromatic heterocycles. The van der Waals surface area contributed by atoms with Crippen LogP contribution < -0.4 is 10.0 Å². The molecule has 2 rings (SSSR count). The molecule has 1 aromatic carbocycles. The van der Waals surface area contributed by atoms with Crippen LogP contribution in [0.5, 0.6) is 0 Å². The Morgan fingerprint density at radius 2 is 1.85 bits per heavy atom. The molecule has 0 saturated heterocycles. The molecule has 0 saturated carbocycles. The summed E-state index contributed by atoms with van der Waals surface area (Å²) in [4.78, 5) is 0.687. The second-order valence-electron chi connectivity index (χ2n) is 3.93. The molecule has 0 unspecified atom stereocenters. The first-order valence-electron chi connectivity index (χ1n) is 5.46. The van der Waals surface area contributed by atoms with Gasteiger partial charge >= 0.3 is 0 Å². The van der Waals surface area contributed by atoms with Crippen LogP contribution in [0.3, 0.4) is 0 Å². The van der Waals surface area contributed by atoms with Crippen molar-refractivity contribution in [3.63, 3.8) is 0 Å². The Labute approximate surface area is 125 Å². The largest absolute Gasteiger partial charge is 0.389 e. The van der Waals surface area contributed by atoms with Crippen molar-refractivity contribution in [2.75, 3.05) is 11.4 Å². The molecule has 0 fully saturated rings. The third kappa shape index (κ3) is 2.82. The summed E-state index contributed by atoms with van der Waals surface area (Å²) in [5.41, 5.74) is 5.84. The Kier molecular flexibility index (Phi) is 4.07. The lowest BCUT2D eigenvalue weighted by Gasteiger charge is -2.18. The zero-order chi connectivity index (χ0) is 14.9. The van der Waals surface area contributed by atoms with E-state index in [0.29, 0.717) is 10.6 Å². The Balaban J connectivity index is 2.38. The predicted octanol–water partition coefficient (Wildman–Crippen LogP) is 2.35. The normalized spacial score (nSPS) is 11.3. The number of anilines is 1. The smallest absolute Gasteiger partial charge is 0.273 e. The maximum Gasteiger partial charge on any atom is 0.273 e. The molecule has 0 aliphatic carbocycles. The van der Waals surface area contributed by atoms with Crippen LogP contribution in [0.4, 0.5) is 10.1 Å². The lowest BCUT2D eigenvalue weighted by Crippen LogP contribution is -2.25. The van der Waals surface area contributed by atoms with Crippen molar-refractivity contribution >= 4 is 44.3 Å². The monoisotopic (exact) mass is 330 g/mol. The molecule has 0 radical (unpaired) electrons. The van der Waals surface area contributed by atoms with Gasteiger partial charge in [0.1, 0.15) is 15.0 Å². The van der Waals surface area contributed by atoms with Crippen molar-refractivity contribution < 1.29 is 12.8 Å². The first kappa shape index (κ1) is 14.9. The van der Waals surface area contributed by atoms with Gasteiger partial charge in [-0.05, 0) is 36.4 Å². The lowest BCUT2D eigenvalue weighted by atomic mass is 10.3. The average molecular weight is 330 g/mol. The second-order valence-corrected chi connectivity index (χ2v) is 7.65. The summed E-state index contributed by atoms with van der Waals surface area (Å²) >= 11 is 5.81. The minimum atomic E-state index is -3.70. The van der Waals surface area contributed by atoms with E-state index in [1.54, 1.807) is 6.07 Å². The number of nitrogens with zero attached hydrogens (tertiary/aromatic N) is 1. The molecule has 0 amide bonds. The molecule has 106 valence electrons. The minimum absolute atomic E-state index is 0.132. The summed E-state index contributed by atoms with van der Waals surface area (Å²) < 4.78 is 38.9. The van der Waals surface area contributed by atoms with E-state index in [4.69, 9.17) is 18.0 Å². The topological polar surface area (TPSA) is 63.4 Å². The van der Waals surface area contributed by atoms with E-state index < -0.39 is 15.8 Å². The van der Waals surface area contributed by atoms with Gasteiger partial charge in [0.05, 0.1) is 10.6 Å². The molecule has 1 heterocycles. The highest BCUT2D eigenvalue weighted by molar-refractivity contribution is 7.94. The Morgan fingerprint density at radius 1 is 1.25 bits per heavy atom. The van der Waals surface area contributed by atoms with Crippen LogP contribution in [0.25, 0.3) is 0 Å². The van der Waals surface area contributed by atoms with Crippen LogP contribution in [0.15, 0.2) is 40.6 Å². The van der Waals surface area contributed by atoms with E-state index in [-0.39, 0.29) is 9.20 Å². The number of rotatable bonds is 4. The van der Waals surface area contributed by atoms with Crippen LogP contribution in [-0.2, 0) is 10.0 Å². The van der Waals surface area contributed by atoms with Crippen LogP contribution >= 0.6 is 23.6 Å². The second kappa shape index (κ2) is 5.47. The molecule has 2 aromatic rings. The Hall–Kier alpha value is -1.51. The van der Waals surface area contributed by atoms with Gasteiger partial charge in [0, 0.05) is 7.05 Å². The number of benzene rings is 1. The number of sulfonamides is 1. The number of hydrogen-bond donors (Lipinski definition) is 1. The summed E-state index contributed by atoms with van der Waals surface area (Å²) in [5, 5.41) is 0. The molecular formula is C12H11FN2O2S3. The number of hydrogen-bond acceptors (Lipinski definition) is 4. The van der Waals surface area contributed by atoms with Crippen molar-refractivity contribution in [2.45, 2.75) is 4.21 Å². The molecule has 4 nitrogen and oxygen atoms in total. The highest BCUT2D eigenvalue weighted by Gasteiger charge is 2.23. The quantitative estimate of drug-likeness (QED) is 0.874. The van der Waals surface area contributed by atoms with Gasteiger partial charge in [-0.1, -0.05) is 12.2 Å². The van der Waals surface area contributed by atoms with E-state index >= 15 is 0 Å². The van der Waals surface area contributed by atoms with E-state index in [0.717, 1.165) is 15.6 Å². The zero-order valence-corrected chi connectivity index (χ0v) is 12.9. The fourth-order valence-corrected chi connectivity index (χ4v) is 4.23. The van der Waals surface area contributed by atoms with E-state index in [1.807, 2.05) is 0 Å². The number of thiocarbonyl (C=S) groups is 1. The molecule has 2 N–H and O–H groups in total. The fraction of sp³-hybridized carbons (Fsp3) is 0.0833. The fourth-order valence-electron chi connectivity index (χ4n) is 1.52. The van der Waals surface area contributed by atoms with E-state index in [1.165, 1.54) is 37.4 Å². The molecule has 0 bridgehead atoms. The highest BCUT2D eigenvalue weighted by atomic mass is 32.2. The molecule has 0 aliphatic rings. The highest BCUT2D eigenvalue weighted by Crippen LogP contribution is 2.27. The first-order chi connectivity index (χ1) is 9.32. The van der Waals surface area contributed by atoms with E-state index in [9.17, 15) is 12.8 Å². The van der Waals surface area contributed by atoms with Crippen molar-refractivity contribution in [3.8, 4) is 0 Å². The molecular weight excluding hydrogens is 319 g/mol. The van der Waals surface area contributed by atoms with Gasteiger partial charge in [0.2, 0.25) is 0 Å². The van der Waals surface area contributed by atoms with Crippen LogP contribution in [0.1, 0.15) is 4.88 Å². The maximum absolute atomic E-state index is 12.9. The van der Waals surface area contributed by atoms with Crippen molar-refractivity contribution in [3.05, 3.63) is 47.1 Å². The number of nitrogens with two attached hydrogens (primary N) is 1. The van der Waals surface area contributed by atoms with Gasteiger partial charge in [-0.25, -0.2) is 12.8 Å². The lowest BCUT2D eigenvalue weighted by molar-refractivity contribution is 0.596. The van der Waals surface area contributed by atoms with Crippen LogP contribution in [0.2, 0.25) is 0 Å². The number of halogens is 1. The summed E-state index contributed by atoms with van der Waals surface area (Å²) in [6.07, 6.45) is 0. The third-order valence-electron chi connectivity index (χ3n) is 2.63. The molecule has 0 aliphatic heterocycles. The average Bonchev–Trinajstić information content (AvgIpc) is 2.89. The SMILES string of the molecule is CN(c1ccc(F)cc1)S(=O)(=O)c1ccc(C(N)=S)s1. The summed E-state index contributed by atoms with van der Waals surface area (Å²) in [6, 6.07) is 8.23. The first-order valence-corrected chi connectivity index (χ1v) is 8.13. The zero-order valence-electron chi connectivity index (χ0n) is 10.4. The van der Waals surface area contributed by atoms with Crippen LogP contribution in [0, 0.1) is 5.82 Å².